The molecule has 7 heteroatoms. The minimum absolute atomic E-state index is 0.333. The van der Waals surface area contributed by atoms with Crippen LogP contribution in [0.1, 0.15) is 74.2 Å². The minimum Gasteiger partial charge on any atom is -0.488 e. The Morgan fingerprint density at radius 3 is 1.41 bits per heavy atom. The first-order valence-corrected chi connectivity index (χ1v) is 10.9. The molecule has 0 saturated heterocycles. The van der Waals surface area contributed by atoms with Crippen LogP contribution in [0.2, 0.25) is 0 Å². The van der Waals surface area contributed by atoms with Crippen LogP contribution in [0.5, 0.6) is 17.2 Å². The van der Waals surface area contributed by atoms with Crippen molar-refractivity contribution >= 4 is 18.9 Å². The number of carbonyl (C=O) groups is 3. The molecule has 0 unspecified atom stereocenters. The van der Waals surface area contributed by atoms with E-state index in [9.17, 15) is 9.59 Å². The number of hydrogen-bond donors (Lipinski definition) is 0. The Bertz CT molecular complexity index is 994. The maximum Gasteiger partial charge on any atom is 0.519 e. The van der Waals surface area contributed by atoms with Crippen LogP contribution < -0.4 is 14.2 Å². The van der Waals surface area contributed by atoms with Gasteiger partial charge in [0.2, 0.25) is 0 Å². The maximum absolute atomic E-state index is 12.5. The van der Waals surface area contributed by atoms with E-state index in [1.807, 2.05) is 74.3 Å². The Morgan fingerprint density at radius 1 is 0.676 bits per heavy atom. The molecule has 0 aromatic heterocycles. The van der Waals surface area contributed by atoms with Gasteiger partial charge in [-0.2, -0.15) is 0 Å². The number of rotatable bonds is 4. The molecule has 0 N–H and O–H groups in total. The Morgan fingerprint density at radius 2 is 1.06 bits per heavy atom. The summed E-state index contributed by atoms with van der Waals surface area (Å²) in [4.78, 5) is 32.9. The summed E-state index contributed by atoms with van der Waals surface area (Å²) >= 11 is 0. The monoisotopic (exact) mass is 472 g/mol. The predicted octanol–water partition coefficient (Wildman–Crippen LogP) is 6.45. The molecule has 0 aliphatic rings. The van der Waals surface area contributed by atoms with Crippen LogP contribution in [0.15, 0.2) is 24.3 Å². The predicted molar refractivity (Wildman–Crippen MR) is 131 cm³/mol. The van der Waals surface area contributed by atoms with E-state index in [0.29, 0.717) is 33.9 Å². The molecule has 0 bridgehead atoms. The van der Waals surface area contributed by atoms with Crippen LogP contribution in [-0.4, -0.2) is 30.1 Å². The molecule has 2 aromatic rings. The van der Waals surface area contributed by atoms with Gasteiger partial charge in [-0.25, -0.2) is 9.59 Å². The summed E-state index contributed by atoms with van der Waals surface area (Å²) in [5.74, 6) is 1.06. The number of benzene rings is 2. The van der Waals surface area contributed by atoms with Crippen LogP contribution in [0.25, 0.3) is 0 Å². The van der Waals surface area contributed by atoms with Crippen molar-refractivity contribution in [1.29, 1.82) is 0 Å². The normalized spacial score (nSPS) is 11.1. The largest absolute Gasteiger partial charge is 0.519 e. The van der Waals surface area contributed by atoms with Crippen LogP contribution in [0.4, 0.5) is 4.79 Å². The molecule has 34 heavy (non-hydrogen) atoms. The van der Waals surface area contributed by atoms with Crippen LogP contribution in [0.3, 0.4) is 0 Å². The van der Waals surface area contributed by atoms with Gasteiger partial charge in [0.15, 0.2) is 0 Å². The third-order valence-electron chi connectivity index (χ3n) is 4.32. The van der Waals surface area contributed by atoms with Gasteiger partial charge in [-0.1, -0.05) is 0 Å². The van der Waals surface area contributed by atoms with Crippen LogP contribution >= 0.6 is 0 Å². The van der Waals surface area contributed by atoms with Gasteiger partial charge in [0.1, 0.15) is 35.2 Å². The zero-order valence-electron chi connectivity index (χ0n) is 21.9. The smallest absolute Gasteiger partial charge is 0.488 e. The van der Waals surface area contributed by atoms with Crippen molar-refractivity contribution in [2.45, 2.75) is 80.4 Å². The SMILES string of the molecule is C=O.Cc1cc(OC(C)(C)C)cc(C)c1OC(=O)Oc1c(C)cc(C(=O)OC(C)(C)C)cc1C. The molecule has 0 amide bonds. The molecular formula is C27H36O7. The first-order chi connectivity index (χ1) is 15.6. The molecule has 7 nitrogen and oxygen atoms in total. The molecule has 0 spiro atoms. The van der Waals surface area contributed by atoms with E-state index in [1.54, 1.807) is 26.0 Å². The summed E-state index contributed by atoms with van der Waals surface area (Å²) in [5.41, 5.74) is 2.25. The highest BCUT2D eigenvalue weighted by Crippen LogP contribution is 2.32. The lowest BCUT2D eigenvalue weighted by Crippen LogP contribution is -2.24. The molecule has 186 valence electrons. The van der Waals surface area contributed by atoms with Crippen molar-refractivity contribution in [3.63, 3.8) is 0 Å². The van der Waals surface area contributed by atoms with Crippen molar-refractivity contribution in [2.75, 3.05) is 0 Å². The van der Waals surface area contributed by atoms with E-state index in [1.165, 1.54) is 0 Å². The van der Waals surface area contributed by atoms with Gasteiger partial charge in [0.05, 0.1) is 5.56 Å². The third-order valence-corrected chi connectivity index (χ3v) is 4.32. The summed E-state index contributed by atoms with van der Waals surface area (Å²) in [6.45, 7) is 20.6. The van der Waals surface area contributed by atoms with Crippen LogP contribution in [-0.2, 0) is 9.53 Å². The van der Waals surface area contributed by atoms with Crippen LogP contribution in [0, 0.1) is 27.7 Å². The lowest BCUT2D eigenvalue weighted by atomic mass is 10.1. The van der Waals surface area contributed by atoms with Crippen molar-refractivity contribution in [1.82, 2.24) is 0 Å². The molecule has 0 heterocycles. The van der Waals surface area contributed by atoms with Gasteiger partial charge in [0, 0.05) is 0 Å². The molecule has 0 saturated carbocycles. The van der Waals surface area contributed by atoms with E-state index in [2.05, 4.69) is 0 Å². The highest BCUT2D eigenvalue weighted by atomic mass is 16.7. The van der Waals surface area contributed by atoms with Gasteiger partial charge >= 0.3 is 12.1 Å². The van der Waals surface area contributed by atoms with Gasteiger partial charge in [0.25, 0.3) is 0 Å². The van der Waals surface area contributed by atoms with E-state index in [0.717, 1.165) is 11.1 Å². The molecule has 0 aliphatic heterocycles. The Hall–Kier alpha value is -3.35. The zero-order valence-corrected chi connectivity index (χ0v) is 21.9. The molecule has 0 fully saturated rings. The first kappa shape index (κ1) is 28.7. The average molecular weight is 473 g/mol. The highest BCUT2D eigenvalue weighted by Gasteiger charge is 2.22. The number of hydrogen-bond acceptors (Lipinski definition) is 7. The zero-order chi connectivity index (χ0) is 26.4. The first-order valence-electron chi connectivity index (χ1n) is 10.9. The maximum atomic E-state index is 12.5. The minimum atomic E-state index is -0.850. The van der Waals surface area contributed by atoms with Gasteiger partial charge in [-0.15, -0.1) is 0 Å². The molecule has 0 atom stereocenters. The van der Waals surface area contributed by atoms with E-state index >= 15 is 0 Å². The second-order valence-corrected chi connectivity index (χ2v) is 10.00. The number of carbonyl (C=O) groups excluding carboxylic acids is 3. The molecule has 0 radical (unpaired) electrons. The fourth-order valence-electron chi connectivity index (χ4n) is 3.24. The Balaban J connectivity index is 0.00000281. The van der Waals surface area contributed by atoms with Crippen molar-refractivity contribution in [3.05, 3.63) is 52.1 Å². The molecule has 2 aromatic carbocycles. The summed E-state index contributed by atoms with van der Waals surface area (Å²) in [6, 6.07) is 6.93. The number of ether oxygens (including phenoxy) is 4. The fraction of sp³-hybridized carbons (Fsp3) is 0.444. The second kappa shape index (κ2) is 11.2. The Kier molecular flexibility index (Phi) is 9.43. The van der Waals surface area contributed by atoms with Gasteiger partial charge in [-0.05, 0) is 116 Å². The summed E-state index contributed by atoms with van der Waals surface area (Å²) < 4.78 is 22.3. The average Bonchev–Trinajstić information content (AvgIpc) is 2.66. The van der Waals surface area contributed by atoms with Gasteiger partial charge in [-0.3, -0.25) is 0 Å². The molecule has 0 aliphatic carbocycles. The van der Waals surface area contributed by atoms with E-state index < -0.39 is 17.7 Å². The quantitative estimate of drug-likeness (QED) is 0.373. The van der Waals surface area contributed by atoms with Crippen molar-refractivity contribution in [2.24, 2.45) is 0 Å². The lowest BCUT2D eigenvalue weighted by molar-refractivity contribution is -0.0980. The standard InChI is InChI=1S/C26H34O6.CH2O/c1-15-11-19(23(27)32-26(8,9)10)12-16(2)21(15)29-24(28)30-22-17(3)13-20(14-18(22)4)31-25(5,6)7;1-2/h11-14H,1-10H3;1H2. The summed E-state index contributed by atoms with van der Waals surface area (Å²) in [5, 5.41) is 0. The summed E-state index contributed by atoms with van der Waals surface area (Å²) in [7, 11) is 0. The van der Waals surface area contributed by atoms with Crippen molar-refractivity contribution in [3.8, 4) is 17.2 Å². The fourth-order valence-corrected chi connectivity index (χ4v) is 3.24. The summed E-state index contributed by atoms with van der Waals surface area (Å²) in [6.07, 6.45) is -0.850. The van der Waals surface area contributed by atoms with Gasteiger partial charge < -0.3 is 23.7 Å². The van der Waals surface area contributed by atoms with Crippen molar-refractivity contribution < 1.29 is 33.3 Å². The third kappa shape index (κ3) is 8.54. The topological polar surface area (TPSA) is 88.1 Å². The second-order valence-electron chi connectivity index (χ2n) is 10.00. The highest BCUT2D eigenvalue weighted by molar-refractivity contribution is 5.90. The lowest BCUT2D eigenvalue weighted by Gasteiger charge is -2.22. The van der Waals surface area contributed by atoms with E-state index in [-0.39, 0.29) is 5.60 Å². The van der Waals surface area contributed by atoms with E-state index in [4.69, 9.17) is 23.7 Å². The Labute approximate surface area is 202 Å². The molecule has 2 rings (SSSR count). The number of esters is 1. The number of aryl methyl sites for hydroxylation is 4. The molecular weight excluding hydrogens is 436 g/mol.